The van der Waals surface area contributed by atoms with Gasteiger partial charge in [-0.2, -0.15) is 0 Å². The SMILES string of the molecule is O=C(O)CC(NC(=O)OCC1c2ccccc2-c2ccccc21)C(=O)N1CC(O)C1. The molecule has 30 heavy (non-hydrogen) atoms. The van der Waals surface area contributed by atoms with Gasteiger partial charge in [0.25, 0.3) is 0 Å². The number of β-amino-alcohol motifs (C(OH)–C–C–N with tert-alkyl or cyclic N) is 1. The third kappa shape index (κ3) is 3.86. The minimum Gasteiger partial charge on any atom is -0.481 e. The number of nitrogens with zero attached hydrogens (tertiary/aromatic N) is 1. The number of aliphatic hydroxyl groups excluding tert-OH is 1. The van der Waals surface area contributed by atoms with Crippen molar-refractivity contribution in [2.75, 3.05) is 19.7 Å². The van der Waals surface area contributed by atoms with Crippen molar-refractivity contribution >= 4 is 18.0 Å². The van der Waals surface area contributed by atoms with Gasteiger partial charge in [0.15, 0.2) is 0 Å². The molecule has 1 fully saturated rings. The Morgan fingerprint density at radius 1 is 1.03 bits per heavy atom. The predicted octanol–water partition coefficient (Wildman–Crippen LogP) is 1.57. The van der Waals surface area contributed by atoms with E-state index in [0.717, 1.165) is 22.3 Å². The van der Waals surface area contributed by atoms with Crippen LogP contribution >= 0.6 is 0 Å². The van der Waals surface area contributed by atoms with Gasteiger partial charge in [0.2, 0.25) is 5.91 Å². The lowest BCUT2D eigenvalue weighted by Gasteiger charge is -2.37. The number of ether oxygens (including phenoxy) is 1. The lowest BCUT2D eigenvalue weighted by atomic mass is 9.98. The van der Waals surface area contributed by atoms with Gasteiger partial charge in [0.05, 0.1) is 12.5 Å². The fraction of sp³-hybridized carbons (Fsp3) is 0.318. The number of carbonyl (C=O) groups is 3. The van der Waals surface area contributed by atoms with Crippen LogP contribution in [-0.2, 0) is 14.3 Å². The molecule has 1 aliphatic heterocycles. The second-order valence-electron chi connectivity index (χ2n) is 7.52. The number of alkyl carbamates (subject to hydrolysis) is 1. The molecule has 156 valence electrons. The first-order chi connectivity index (χ1) is 14.4. The normalized spacial score (nSPS) is 16.2. The number of nitrogens with one attached hydrogen (secondary N) is 1. The molecule has 2 aliphatic rings. The molecule has 0 radical (unpaired) electrons. The average molecular weight is 410 g/mol. The summed E-state index contributed by atoms with van der Waals surface area (Å²) in [6.07, 6.45) is -2.03. The summed E-state index contributed by atoms with van der Waals surface area (Å²) in [5.74, 6) is -1.90. The maximum absolute atomic E-state index is 12.4. The minimum atomic E-state index is -1.24. The second kappa shape index (κ2) is 8.16. The van der Waals surface area contributed by atoms with Gasteiger partial charge < -0.3 is 25.2 Å². The number of likely N-dealkylation sites (tertiary alicyclic amines) is 1. The molecule has 1 aliphatic carbocycles. The van der Waals surface area contributed by atoms with Gasteiger partial charge in [0.1, 0.15) is 12.6 Å². The van der Waals surface area contributed by atoms with Gasteiger partial charge in [-0.1, -0.05) is 48.5 Å². The fourth-order valence-corrected chi connectivity index (χ4v) is 4.01. The summed E-state index contributed by atoms with van der Waals surface area (Å²) in [5.41, 5.74) is 4.30. The number of aliphatic hydroxyl groups is 1. The Morgan fingerprint density at radius 2 is 1.60 bits per heavy atom. The molecule has 1 unspecified atom stereocenters. The van der Waals surface area contributed by atoms with E-state index in [-0.39, 0.29) is 25.6 Å². The molecule has 0 spiro atoms. The topological polar surface area (TPSA) is 116 Å². The highest BCUT2D eigenvalue weighted by atomic mass is 16.5. The zero-order chi connectivity index (χ0) is 21.3. The summed E-state index contributed by atoms with van der Waals surface area (Å²) >= 11 is 0. The number of hydrogen-bond acceptors (Lipinski definition) is 5. The van der Waals surface area contributed by atoms with Crippen molar-refractivity contribution in [3.8, 4) is 11.1 Å². The largest absolute Gasteiger partial charge is 0.481 e. The first kappa shape index (κ1) is 19.9. The average Bonchev–Trinajstić information content (AvgIpc) is 3.02. The molecular formula is C22H22N2O6. The molecule has 2 aromatic carbocycles. The highest BCUT2D eigenvalue weighted by molar-refractivity contribution is 5.89. The van der Waals surface area contributed by atoms with Crippen LogP contribution < -0.4 is 5.32 Å². The van der Waals surface area contributed by atoms with Gasteiger partial charge >= 0.3 is 12.1 Å². The number of rotatable bonds is 6. The number of benzene rings is 2. The van der Waals surface area contributed by atoms with E-state index in [4.69, 9.17) is 9.84 Å². The molecule has 0 bridgehead atoms. The number of carboxylic acids is 1. The summed E-state index contributed by atoms with van der Waals surface area (Å²) in [4.78, 5) is 37.2. The molecule has 2 aromatic rings. The lowest BCUT2D eigenvalue weighted by molar-refractivity contribution is -0.148. The van der Waals surface area contributed by atoms with Crippen LogP contribution in [0.15, 0.2) is 48.5 Å². The Bertz CT molecular complexity index is 940. The fourth-order valence-electron chi connectivity index (χ4n) is 4.01. The summed E-state index contributed by atoms with van der Waals surface area (Å²) in [5, 5.41) is 20.8. The van der Waals surface area contributed by atoms with Gasteiger partial charge in [-0.25, -0.2) is 4.79 Å². The number of amides is 2. The third-order valence-electron chi connectivity index (χ3n) is 5.49. The number of hydrogen-bond donors (Lipinski definition) is 3. The Hall–Kier alpha value is -3.39. The van der Waals surface area contributed by atoms with E-state index in [1.807, 2.05) is 48.5 Å². The zero-order valence-electron chi connectivity index (χ0n) is 16.2. The van der Waals surface area contributed by atoms with Crippen LogP contribution in [0.5, 0.6) is 0 Å². The third-order valence-corrected chi connectivity index (χ3v) is 5.49. The van der Waals surface area contributed by atoms with Crippen LogP contribution in [0.4, 0.5) is 4.79 Å². The first-order valence-corrected chi connectivity index (χ1v) is 9.74. The molecule has 0 saturated carbocycles. The molecule has 3 N–H and O–H groups in total. The quantitative estimate of drug-likeness (QED) is 0.666. The van der Waals surface area contributed by atoms with Crippen LogP contribution in [0.25, 0.3) is 11.1 Å². The Kier molecular flexibility index (Phi) is 5.41. The van der Waals surface area contributed by atoms with Crippen LogP contribution in [0.1, 0.15) is 23.5 Å². The monoisotopic (exact) mass is 410 g/mol. The Labute approximate surface area is 173 Å². The van der Waals surface area contributed by atoms with Gasteiger partial charge in [-0.05, 0) is 22.3 Å². The van der Waals surface area contributed by atoms with Gasteiger partial charge in [-0.3, -0.25) is 9.59 Å². The van der Waals surface area contributed by atoms with Crippen molar-refractivity contribution in [2.24, 2.45) is 0 Å². The molecular weight excluding hydrogens is 388 g/mol. The number of carbonyl (C=O) groups excluding carboxylic acids is 2. The van der Waals surface area contributed by atoms with Crippen molar-refractivity contribution in [1.82, 2.24) is 10.2 Å². The predicted molar refractivity (Wildman–Crippen MR) is 107 cm³/mol. The van der Waals surface area contributed by atoms with Crippen molar-refractivity contribution in [3.63, 3.8) is 0 Å². The smallest absolute Gasteiger partial charge is 0.407 e. The molecule has 2 amide bonds. The molecule has 1 atom stereocenters. The maximum Gasteiger partial charge on any atom is 0.407 e. The maximum atomic E-state index is 12.4. The summed E-state index contributed by atoms with van der Waals surface area (Å²) < 4.78 is 5.39. The van der Waals surface area contributed by atoms with Crippen LogP contribution in [0.2, 0.25) is 0 Å². The summed E-state index contributed by atoms with van der Waals surface area (Å²) in [7, 11) is 0. The van der Waals surface area contributed by atoms with E-state index < -0.39 is 36.5 Å². The van der Waals surface area contributed by atoms with Crippen molar-refractivity contribution in [2.45, 2.75) is 24.5 Å². The highest BCUT2D eigenvalue weighted by Crippen LogP contribution is 2.44. The van der Waals surface area contributed by atoms with Crippen LogP contribution in [-0.4, -0.2) is 64.9 Å². The van der Waals surface area contributed by atoms with E-state index in [1.54, 1.807) is 0 Å². The minimum absolute atomic E-state index is 0.0657. The molecule has 0 aromatic heterocycles. The van der Waals surface area contributed by atoms with Gasteiger partial charge in [-0.15, -0.1) is 0 Å². The van der Waals surface area contributed by atoms with E-state index in [0.29, 0.717) is 0 Å². The number of fused-ring (bicyclic) bond motifs is 3. The van der Waals surface area contributed by atoms with Gasteiger partial charge in [0, 0.05) is 19.0 Å². The standard InChI is InChI=1S/C22H22N2O6/c25-13-10-24(11-13)21(28)19(9-20(26)27)23-22(29)30-12-18-16-7-3-1-5-14(16)15-6-2-4-8-17(15)18/h1-8,13,18-19,25H,9-12H2,(H,23,29)(H,26,27). The Balaban J connectivity index is 1.42. The summed E-state index contributed by atoms with van der Waals surface area (Å²) in [6, 6.07) is 14.6. The van der Waals surface area contributed by atoms with Crippen LogP contribution in [0, 0.1) is 0 Å². The van der Waals surface area contributed by atoms with E-state index in [1.165, 1.54) is 4.90 Å². The van der Waals surface area contributed by atoms with E-state index in [9.17, 15) is 19.5 Å². The molecule has 1 heterocycles. The highest BCUT2D eigenvalue weighted by Gasteiger charge is 2.36. The molecule has 1 saturated heterocycles. The number of carboxylic acid groups (broad SMARTS) is 1. The van der Waals surface area contributed by atoms with Crippen molar-refractivity contribution in [1.29, 1.82) is 0 Å². The molecule has 4 rings (SSSR count). The van der Waals surface area contributed by atoms with Crippen LogP contribution in [0.3, 0.4) is 0 Å². The first-order valence-electron chi connectivity index (χ1n) is 9.74. The molecule has 8 heteroatoms. The molecule has 8 nitrogen and oxygen atoms in total. The Morgan fingerprint density at radius 3 is 2.13 bits per heavy atom. The number of aliphatic carboxylic acids is 1. The lowest BCUT2D eigenvalue weighted by Crippen LogP contribution is -2.59. The van der Waals surface area contributed by atoms with E-state index in [2.05, 4.69) is 5.32 Å². The second-order valence-corrected chi connectivity index (χ2v) is 7.52. The van der Waals surface area contributed by atoms with Crippen molar-refractivity contribution in [3.05, 3.63) is 59.7 Å². The summed E-state index contributed by atoms with van der Waals surface area (Å²) in [6.45, 7) is 0.318. The van der Waals surface area contributed by atoms with Crippen molar-refractivity contribution < 1.29 is 29.3 Å². The van der Waals surface area contributed by atoms with E-state index >= 15 is 0 Å². The zero-order valence-corrected chi connectivity index (χ0v) is 16.2.